The van der Waals surface area contributed by atoms with Crippen LogP contribution in [0, 0.1) is 5.92 Å². The van der Waals surface area contributed by atoms with E-state index >= 15 is 0 Å². The van der Waals surface area contributed by atoms with E-state index in [2.05, 4.69) is 10.6 Å². The van der Waals surface area contributed by atoms with Gasteiger partial charge in [0.1, 0.15) is 12.6 Å². The van der Waals surface area contributed by atoms with Crippen molar-refractivity contribution in [2.75, 3.05) is 26.7 Å². The predicted octanol–water partition coefficient (Wildman–Crippen LogP) is 2.92. The minimum Gasteiger partial charge on any atom is -0.445 e. The van der Waals surface area contributed by atoms with Gasteiger partial charge in [0.15, 0.2) is 0 Å². The molecule has 0 radical (unpaired) electrons. The van der Waals surface area contributed by atoms with E-state index in [-0.39, 0.29) is 42.5 Å². The Morgan fingerprint density at radius 2 is 1.82 bits per heavy atom. The molecule has 1 aromatic carbocycles. The highest BCUT2D eigenvalue weighted by molar-refractivity contribution is 5.90. The van der Waals surface area contributed by atoms with Crippen LogP contribution < -0.4 is 10.6 Å². The average molecular weight is 473 g/mol. The summed E-state index contributed by atoms with van der Waals surface area (Å²) in [5, 5.41) is 5.99. The first-order chi connectivity index (χ1) is 16.4. The lowest BCUT2D eigenvalue weighted by atomic mass is 9.83. The topological polar surface area (TPSA) is 91.0 Å². The van der Waals surface area contributed by atoms with Crippen molar-refractivity contribution >= 4 is 17.9 Å². The highest BCUT2D eigenvalue weighted by Crippen LogP contribution is 2.29. The van der Waals surface area contributed by atoms with E-state index in [9.17, 15) is 14.4 Å². The maximum atomic E-state index is 13.6. The molecule has 3 amide bonds. The van der Waals surface area contributed by atoms with E-state index in [1.54, 1.807) is 18.9 Å². The molecule has 2 aliphatic rings. The van der Waals surface area contributed by atoms with Gasteiger partial charge in [0.05, 0.1) is 12.1 Å². The fourth-order valence-electron chi connectivity index (χ4n) is 4.99. The molecule has 1 heterocycles. The summed E-state index contributed by atoms with van der Waals surface area (Å²) in [6.45, 7) is 5.51. The molecule has 0 bridgehead atoms. The van der Waals surface area contributed by atoms with E-state index < -0.39 is 6.04 Å². The number of hydrogen-bond donors (Lipinski definition) is 2. The summed E-state index contributed by atoms with van der Waals surface area (Å²) in [5.41, 5.74) is 0.942. The van der Waals surface area contributed by atoms with Gasteiger partial charge in [0.25, 0.3) is 0 Å². The number of nitrogens with one attached hydrogen (secondary N) is 2. The third-order valence-corrected chi connectivity index (χ3v) is 7.21. The molecule has 3 rings (SSSR count). The lowest BCUT2D eigenvalue weighted by Crippen LogP contribution is -2.55. The monoisotopic (exact) mass is 472 g/mol. The van der Waals surface area contributed by atoms with Crippen LogP contribution in [-0.4, -0.2) is 72.5 Å². The highest BCUT2D eigenvalue weighted by Gasteiger charge is 2.39. The van der Waals surface area contributed by atoms with Crippen LogP contribution in [-0.2, 0) is 20.9 Å². The Hall–Kier alpha value is -2.61. The Bertz CT molecular complexity index is 812. The molecule has 1 saturated heterocycles. The van der Waals surface area contributed by atoms with Crippen LogP contribution in [0.5, 0.6) is 0 Å². The fraction of sp³-hybridized carbons (Fsp3) is 0.654. The number of ether oxygens (including phenoxy) is 1. The molecule has 188 valence electrons. The number of amides is 3. The summed E-state index contributed by atoms with van der Waals surface area (Å²) in [7, 11) is 1.74. The van der Waals surface area contributed by atoms with Crippen LogP contribution in [0.15, 0.2) is 30.3 Å². The lowest BCUT2D eigenvalue weighted by molar-refractivity contribution is -0.138. The number of nitrogens with zero attached hydrogens (tertiary/aromatic N) is 2. The number of benzene rings is 1. The Morgan fingerprint density at radius 3 is 2.47 bits per heavy atom. The predicted molar refractivity (Wildman–Crippen MR) is 131 cm³/mol. The van der Waals surface area contributed by atoms with Crippen molar-refractivity contribution in [3.8, 4) is 0 Å². The van der Waals surface area contributed by atoms with Gasteiger partial charge in [-0.3, -0.25) is 9.59 Å². The van der Waals surface area contributed by atoms with Gasteiger partial charge in [-0.2, -0.15) is 0 Å². The molecular weight excluding hydrogens is 432 g/mol. The van der Waals surface area contributed by atoms with Crippen molar-refractivity contribution in [3.05, 3.63) is 35.9 Å². The van der Waals surface area contributed by atoms with E-state index in [1.807, 2.05) is 42.2 Å². The Balaban J connectivity index is 1.62. The summed E-state index contributed by atoms with van der Waals surface area (Å²) >= 11 is 0. The van der Waals surface area contributed by atoms with Crippen molar-refractivity contribution in [1.82, 2.24) is 20.4 Å². The highest BCUT2D eigenvalue weighted by atomic mass is 16.6. The molecule has 1 aliphatic heterocycles. The largest absolute Gasteiger partial charge is 0.445 e. The number of carbonyl (C=O) groups is 3. The lowest BCUT2D eigenvalue weighted by Gasteiger charge is -2.34. The van der Waals surface area contributed by atoms with Crippen LogP contribution in [0.1, 0.15) is 57.9 Å². The third kappa shape index (κ3) is 6.72. The van der Waals surface area contributed by atoms with Crippen LogP contribution in [0.4, 0.5) is 4.79 Å². The zero-order valence-electron chi connectivity index (χ0n) is 20.8. The molecule has 3 unspecified atom stereocenters. The molecule has 2 N–H and O–H groups in total. The maximum Gasteiger partial charge on any atom is 0.410 e. The van der Waals surface area contributed by atoms with Crippen LogP contribution in [0.25, 0.3) is 0 Å². The first kappa shape index (κ1) is 26.0. The zero-order chi connectivity index (χ0) is 24.5. The first-order valence-corrected chi connectivity index (χ1v) is 12.7. The number of carbonyl (C=O) groups excluding carboxylic acids is 3. The van der Waals surface area contributed by atoms with E-state index in [1.165, 1.54) is 6.42 Å². The zero-order valence-corrected chi connectivity index (χ0v) is 20.8. The molecule has 34 heavy (non-hydrogen) atoms. The molecule has 0 spiro atoms. The first-order valence-electron chi connectivity index (χ1n) is 12.7. The minimum absolute atomic E-state index is 0.0280. The van der Waals surface area contributed by atoms with Gasteiger partial charge in [0, 0.05) is 19.6 Å². The normalized spacial score (nSPS) is 20.4. The SMILES string of the molecule is CCN(C(=O)OCc1ccccc1)C1CCN(C(=O)C(NC(=O)C(C)NC)C2CCCCC2)C1. The molecule has 1 aromatic rings. The van der Waals surface area contributed by atoms with Crippen molar-refractivity contribution in [2.24, 2.45) is 5.92 Å². The number of rotatable bonds is 9. The van der Waals surface area contributed by atoms with Gasteiger partial charge < -0.3 is 25.2 Å². The quantitative estimate of drug-likeness (QED) is 0.577. The number of likely N-dealkylation sites (tertiary alicyclic amines) is 1. The van der Waals surface area contributed by atoms with Crippen LogP contribution in [0.2, 0.25) is 0 Å². The minimum atomic E-state index is -0.512. The maximum absolute atomic E-state index is 13.6. The van der Waals surface area contributed by atoms with Gasteiger partial charge in [-0.25, -0.2) is 4.79 Å². The molecule has 0 aromatic heterocycles. The summed E-state index contributed by atoms with van der Waals surface area (Å²) < 4.78 is 5.54. The summed E-state index contributed by atoms with van der Waals surface area (Å²) in [6.07, 6.45) is 5.62. The number of hydrogen-bond acceptors (Lipinski definition) is 5. The molecular formula is C26H40N4O4. The van der Waals surface area contributed by atoms with Gasteiger partial charge in [-0.15, -0.1) is 0 Å². The Labute approximate surface area is 203 Å². The van der Waals surface area contributed by atoms with Gasteiger partial charge in [-0.1, -0.05) is 49.6 Å². The van der Waals surface area contributed by atoms with E-state index in [0.29, 0.717) is 26.1 Å². The van der Waals surface area contributed by atoms with Gasteiger partial charge >= 0.3 is 6.09 Å². The molecule has 2 fully saturated rings. The summed E-state index contributed by atoms with van der Waals surface area (Å²) in [4.78, 5) is 42.5. The van der Waals surface area contributed by atoms with Crippen LogP contribution in [0.3, 0.4) is 0 Å². The summed E-state index contributed by atoms with van der Waals surface area (Å²) in [6, 6.07) is 8.65. The van der Waals surface area contributed by atoms with Crippen molar-refractivity contribution in [1.29, 1.82) is 0 Å². The van der Waals surface area contributed by atoms with E-state index in [0.717, 1.165) is 31.2 Å². The molecule has 8 nitrogen and oxygen atoms in total. The van der Waals surface area contributed by atoms with Gasteiger partial charge in [-0.05, 0) is 51.6 Å². The van der Waals surface area contributed by atoms with Crippen molar-refractivity contribution in [3.63, 3.8) is 0 Å². The second-order valence-electron chi connectivity index (χ2n) is 9.45. The van der Waals surface area contributed by atoms with Crippen LogP contribution >= 0.6 is 0 Å². The fourth-order valence-corrected chi connectivity index (χ4v) is 4.99. The number of likely N-dealkylation sites (N-methyl/N-ethyl adjacent to an activating group) is 2. The Morgan fingerprint density at radius 1 is 1.12 bits per heavy atom. The molecule has 8 heteroatoms. The molecule has 1 saturated carbocycles. The van der Waals surface area contributed by atoms with Crippen molar-refractivity contribution in [2.45, 2.75) is 77.1 Å². The second-order valence-corrected chi connectivity index (χ2v) is 9.45. The van der Waals surface area contributed by atoms with Gasteiger partial charge in [0.2, 0.25) is 11.8 Å². The smallest absolute Gasteiger partial charge is 0.410 e. The van der Waals surface area contributed by atoms with Crippen molar-refractivity contribution < 1.29 is 19.1 Å². The third-order valence-electron chi connectivity index (χ3n) is 7.21. The standard InChI is InChI=1S/C26H40N4O4/c1-4-30(26(33)34-18-20-11-7-5-8-12-20)22-15-16-29(17-22)25(32)23(21-13-9-6-10-14-21)28-24(31)19(2)27-3/h5,7-8,11-12,19,21-23,27H,4,6,9-10,13-18H2,1-3H3,(H,28,31). The second kappa shape index (κ2) is 12.7. The molecule has 1 aliphatic carbocycles. The average Bonchev–Trinajstić information content (AvgIpc) is 3.36. The van der Waals surface area contributed by atoms with E-state index in [4.69, 9.17) is 4.74 Å². The Kier molecular flexibility index (Phi) is 9.74. The molecule has 3 atom stereocenters. The summed E-state index contributed by atoms with van der Waals surface area (Å²) in [5.74, 6) is -0.0203.